The van der Waals surface area contributed by atoms with Gasteiger partial charge in [-0.25, -0.2) is 0 Å². The van der Waals surface area contributed by atoms with Crippen LogP contribution in [-0.4, -0.2) is 12.2 Å². The van der Waals surface area contributed by atoms with Gasteiger partial charge in [-0.2, -0.15) is 0 Å². The molecule has 1 aliphatic heterocycles. The Balaban J connectivity index is 0.987. The molecular formula is C46H62O. The summed E-state index contributed by atoms with van der Waals surface area (Å²) in [6, 6.07) is 9.33. The molecule has 1 saturated heterocycles. The third-order valence-electron chi connectivity index (χ3n) is 16.7. The molecule has 0 aromatic heterocycles. The molecule has 10 rings (SSSR count). The van der Waals surface area contributed by atoms with Crippen LogP contribution in [0, 0.1) is 76.9 Å². The van der Waals surface area contributed by atoms with Gasteiger partial charge in [0.05, 0.1) is 12.2 Å². The van der Waals surface area contributed by atoms with Gasteiger partial charge in [0.2, 0.25) is 0 Å². The molecule has 1 nitrogen and oxygen atoms in total. The number of fused-ring (bicyclic) bond motifs is 7. The molecule has 252 valence electrons. The lowest BCUT2D eigenvalue weighted by Crippen LogP contribution is -2.56. The van der Waals surface area contributed by atoms with Crippen LogP contribution in [0.25, 0.3) is 5.57 Å². The van der Waals surface area contributed by atoms with Crippen molar-refractivity contribution >= 4 is 5.57 Å². The summed E-state index contributed by atoms with van der Waals surface area (Å²) in [4.78, 5) is 0. The summed E-state index contributed by atoms with van der Waals surface area (Å²) in [6.45, 7) is 0. The van der Waals surface area contributed by atoms with Crippen molar-refractivity contribution in [2.24, 2.45) is 76.9 Å². The van der Waals surface area contributed by atoms with Crippen LogP contribution in [-0.2, 0) is 11.2 Å². The van der Waals surface area contributed by atoms with Gasteiger partial charge in [0.1, 0.15) is 0 Å². The van der Waals surface area contributed by atoms with E-state index in [-0.39, 0.29) is 0 Å². The largest absolute Gasteiger partial charge is 0.373 e. The molecule has 47 heavy (non-hydrogen) atoms. The van der Waals surface area contributed by atoms with Gasteiger partial charge in [0, 0.05) is 11.8 Å². The van der Waals surface area contributed by atoms with E-state index in [1.54, 1.807) is 48.8 Å². The van der Waals surface area contributed by atoms with Gasteiger partial charge >= 0.3 is 0 Å². The van der Waals surface area contributed by atoms with Crippen LogP contribution in [0.2, 0.25) is 0 Å². The van der Waals surface area contributed by atoms with Crippen LogP contribution in [0.15, 0.2) is 54.6 Å². The van der Waals surface area contributed by atoms with Crippen molar-refractivity contribution in [1.82, 2.24) is 0 Å². The second kappa shape index (κ2) is 12.6. The summed E-state index contributed by atoms with van der Waals surface area (Å²) in [5.74, 6) is 11.8. The van der Waals surface area contributed by atoms with Crippen molar-refractivity contribution < 1.29 is 4.74 Å². The maximum absolute atomic E-state index is 7.42. The molecule has 13 atom stereocenters. The van der Waals surface area contributed by atoms with Gasteiger partial charge in [-0.1, -0.05) is 93.2 Å². The normalized spacial score (nSPS) is 48.6. The number of aryl methyl sites for hydroxylation is 1. The molecule has 0 radical (unpaired) electrons. The van der Waals surface area contributed by atoms with Gasteiger partial charge in [-0.15, -0.1) is 0 Å². The predicted octanol–water partition coefficient (Wildman–Crippen LogP) is 11.6. The summed E-state index contributed by atoms with van der Waals surface area (Å²) in [6.07, 6.45) is 41.7. The fourth-order valence-corrected chi connectivity index (χ4v) is 15.3. The zero-order valence-electron chi connectivity index (χ0n) is 29.2. The third-order valence-corrected chi connectivity index (χ3v) is 16.7. The molecule has 0 bridgehead atoms. The molecule has 0 spiro atoms. The fraction of sp³-hybridized carbons (Fsp3) is 0.739. The van der Waals surface area contributed by atoms with Crippen LogP contribution in [0.5, 0.6) is 0 Å². The summed E-state index contributed by atoms with van der Waals surface area (Å²) in [5, 5.41) is 0. The lowest BCUT2D eigenvalue weighted by molar-refractivity contribution is -0.134. The minimum absolute atomic E-state index is 0.394. The minimum Gasteiger partial charge on any atom is -0.373 e. The molecule has 1 aromatic carbocycles. The first kappa shape index (κ1) is 30.2. The average molecular weight is 631 g/mol. The average Bonchev–Trinajstić information content (AvgIpc) is 3.53. The fourth-order valence-electron chi connectivity index (χ4n) is 15.3. The SMILES string of the molecule is C1=CC2C(CC1)CCCC2C1C2CCCCC2C(C2CCCC3OC4C(C5=CCCc6ccccc65)CC=CC4C32)C2CCCCC21. The van der Waals surface area contributed by atoms with Gasteiger partial charge in [0.25, 0.3) is 0 Å². The highest BCUT2D eigenvalue weighted by molar-refractivity contribution is 5.72. The standard InChI is InChI=1S/C46H62O/c1-3-17-31-29(13-1)15-9-23-33(31)39-25-11-27-41-45-40(26-12-28-42(45)47-46(39)41)44-37-21-7-5-19-35(37)43(36-20-6-8-22-38(36)44)34-24-10-16-30-14-2-4-18-32(30)34/h1,3-4,11,13,17-18,23,27,30,32,34-46H,2,5-10,12,14-16,19-22,24-26,28H2. The maximum atomic E-state index is 7.42. The van der Waals surface area contributed by atoms with Crippen LogP contribution in [0.3, 0.4) is 0 Å². The van der Waals surface area contributed by atoms with Gasteiger partial charge in [-0.05, 0) is 165 Å². The quantitative estimate of drug-likeness (QED) is 0.302. The molecule has 9 aliphatic rings. The molecule has 1 heteroatoms. The van der Waals surface area contributed by atoms with E-state index in [2.05, 4.69) is 54.6 Å². The molecular weight excluding hydrogens is 569 g/mol. The van der Waals surface area contributed by atoms with E-state index in [0.29, 0.717) is 24.0 Å². The van der Waals surface area contributed by atoms with Crippen molar-refractivity contribution in [2.45, 2.75) is 134 Å². The highest BCUT2D eigenvalue weighted by atomic mass is 16.5. The maximum Gasteiger partial charge on any atom is 0.0716 e. The second-order valence-corrected chi connectivity index (χ2v) is 18.3. The Morgan fingerprint density at radius 3 is 2.04 bits per heavy atom. The Morgan fingerprint density at radius 2 is 1.23 bits per heavy atom. The molecule has 8 aliphatic carbocycles. The zero-order valence-corrected chi connectivity index (χ0v) is 29.2. The van der Waals surface area contributed by atoms with E-state index in [9.17, 15) is 0 Å². The smallest absolute Gasteiger partial charge is 0.0716 e. The van der Waals surface area contributed by atoms with Crippen LogP contribution >= 0.6 is 0 Å². The predicted molar refractivity (Wildman–Crippen MR) is 194 cm³/mol. The van der Waals surface area contributed by atoms with Crippen molar-refractivity contribution in [3.05, 3.63) is 65.8 Å². The number of hydrogen-bond donors (Lipinski definition) is 0. The molecule has 0 amide bonds. The van der Waals surface area contributed by atoms with Crippen molar-refractivity contribution in [2.75, 3.05) is 0 Å². The van der Waals surface area contributed by atoms with Crippen LogP contribution in [0.1, 0.15) is 127 Å². The molecule has 5 saturated carbocycles. The molecule has 13 unspecified atom stereocenters. The lowest BCUT2D eigenvalue weighted by Gasteiger charge is -2.62. The van der Waals surface area contributed by atoms with E-state index >= 15 is 0 Å². The Labute approximate surface area is 286 Å². The first-order valence-electron chi connectivity index (χ1n) is 21.1. The Bertz CT molecular complexity index is 1360. The number of rotatable bonds is 3. The Kier molecular flexibility index (Phi) is 8.12. The molecule has 6 fully saturated rings. The van der Waals surface area contributed by atoms with Gasteiger partial charge < -0.3 is 4.74 Å². The summed E-state index contributed by atoms with van der Waals surface area (Å²) < 4.78 is 7.42. The van der Waals surface area contributed by atoms with E-state index in [4.69, 9.17) is 4.74 Å². The van der Waals surface area contributed by atoms with Crippen molar-refractivity contribution in [1.29, 1.82) is 0 Å². The Morgan fingerprint density at radius 1 is 0.553 bits per heavy atom. The van der Waals surface area contributed by atoms with E-state index in [0.717, 1.165) is 65.1 Å². The topological polar surface area (TPSA) is 9.23 Å². The summed E-state index contributed by atoms with van der Waals surface area (Å²) in [7, 11) is 0. The minimum atomic E-state index is 0.394. The van der Waals surface area contributed by atoms with E-state index in [1.807, 2.05) is 0 Å². The number of benzene rings is 1. The zero-order chi connectivity index (χ0) is 30.9. The van der Waals surface area contributed by atoms with E-state index in [1.165, 1.54) is 89.9 Å². The van der Waals surface area contributed by atoms with E-state index < -0.39 is 0 Å². The van der Waals surface area contributed by atoms with Gasteiger partial charge in [-0.3, -0.25) is 0 Å². The highest BCUT2D eigenvalue weighted by Crippen LogP contribution is 2.65. The Hall–Kier alpha value is -1.60. The number of hydrogen-bond acceptors (Lipinski definition) is 1. The second-order valence-electron chi connectivity index (χ2n) is 18.3. The molecule has 0 N–H and O–H groups in total. The number of ether oxygens (including phenoxy) is 1. The first-order valence-corrected chi connectivity index (χ1v) is 21.1. The molecule has 1 heterocycles. The van der Waals surface area contributed by atoms with Crippen LogP contribution < -0.4 is 0 Å². The van der Waals surface area contributed by atoms with Crippen molar-refractivity contribution in [3.8, 4) is 0 Å². The molecule has 1 aromatic rings. The highest BCUT2D eigenvalue weighted by Gasteiger charge is 2.60. The van der Waals surface area contributed by atoms with Crippen molar-refractivity contribution in [3.63, 3.8) is 0 Å². The van der Waals surface area contributed by atoms with Crippen LogP contribution in [0.4, 0.5) is 0 Å². The number of allylic oxidation sites excluding steroid dienone is 4. The first-order chi connectivity index (χ1) is 23.3. The summed E-state index contributed by atoms with van der Waals surface area (Å²) >= 11 is 0. The van der Waals surface area contributed by atoms with Gasteiger partial charge in [0.15, 0.2) is 0 Å². The summed E-state index contributed by atoms with van der Waals surface area (Å²) in [5.41, 5.74) is 4.74. The lowest BCUT2D eigenvalue weighted by atomic mass is 9.43. The monoisotopic (exact) mass is 630 g/mol. The third kappa shape index (κ3) is 5.00.